The Morgan fingerprint density at radius 3 is 2.71 bits per heavy atom. The third-order valence-corrected chi connectivity index (χ3v) is 3.90. The van der Waals surface area contributed by atoms with Gasteiger partial charge in [0.2, 0.25) is 5.91 Å². The number of anilines is 2. The first-order chi connectivity index (χ1) is 11.6. The van der Waals surface area contributed by atoms with Gasteiger partial charge in [0.05, 0.1) is 6.42 Å². The molecule has 0 atom stereocenters. The fourth-order valence-electron chi connectivity index (χ4n) is 2.04. The summed E-state index contributed by atoms with van der Waals surface area (Å²) in [4.78, 5) is 28.2. The van der Waals surface area contributed by atoms with E-state index in [9.17, 15) is 9.59 Å². The van der Waals surface area contributed by atoms with Crippen molar-refractivity contribution in [3.63, 3.8) is 0 Å². The first kappa shape index (κ1) is 15.9. The first-order valence-corrected chi connectivity index (χ1v) is 8.11. The van der Waals surface area contributed by atoms with Crippen LogP contribution in [0.25, 0.3) is 0 Å². The Morgan fingerprint density at radius 1 is 1.21 bits per heavy atom. The molecule has 0 aliphatic heterocycles. The molecule has 122 valence electrons. The number of aromatic nitrogens is 3. The lowest BCUT2D eigenvalue weighted by molar-refractivity contribution is -0.115. The van der Waals surface area contributed by atoms with Crippen LogP contribution in [0, 0.1) is 6.92 Å². The van der Waals surface area contributed by atoms with Crippen LogP contribution in [-0.2, 0) is 11.2 Å². The lowest BCUT2D eigenvalue weighted by Gasteiger charge is -2.01. The molecule has 3 aromatic rings. The van der Waals surface area contributed by atoms with Gasteiger partial charge < -0.3 is 10.6 Å². The van der Waals surface area contributed by atoms with Crippen molar-refractivity contribution in [1.29, 1.82) is 0 Å². The number of aryl methyl sites for hydroxylation is 1. The summed E-state index contributed by atoms with van der Waals surface area (Å²) in [6, 6.07) is 11.1. The molecule has 2 amide bonds. The van der Waals surface area contributed by atoms with Crippen LogP contribution in [0.4, 0.5) is 10.9 Å². The predicted molar refractivity (Wildman–Crippen MR) is 92.2 cm³/mol. The zero-order chi connectivity index (χ0) is 16.9. The quantitative estimate of drug-likeness (QED) is 0.664. The third kappa shape index (κ3) is 4.05. The Bertz CT molecular complexity index is 856. The lowest BCUT2D eigenvalue weighted by Crippen LogP contribution is -2.15. The molecular formula is C16H15N5O2S. The van der Waals surface area contributed by atoms with Gasteiger partial charge in [-0.05, 0) is 12.5 Å². The largest absolute Gasteiger partial charge is 0.304 e. The molecule has 0 saturated heterocycles. The molecule has 0 bridgehead atoms. The fraction of sp³-hybridized carbons (Fsp3) is 0.125. The molecule has 3 rings (SSSR count). The van der Waals surface area contributed by atoms with Crippen molar-refractivity contribution in [1.82, 2.24) is 15.2 Å². The number of amides is 2. The second kappa shape index (κ2) is 7.05. The monoisotopic (exact) mass is 341 g/mol. The average molecular weight is 341 g/mol. The van der Waals surface area contributed by atoms with E-state index < -0.39 is 0 Å². The van der Waals surface area contributed by atoms with Gasteiger partial charge in [0.15, 0.2) is 10.9 Å². The number of rotatable bonds is 5. The van der Waals surface area contributed by atoms with E-state index in [0.29, 0.717) is 10.9 Å². The number of carbonyl (C=O) groups is 2. The van der Waals surface area contributed by atoms with E-state index in [0.717, 1.165) is 11.3 Å². The standard InChI is InChI=1S/C16H15N5O2S/c1-10-7-13(21-20-10)18-15(23)12-9-24-16(17-12)19-14(22)8-11-5-3-2-4-6-11/h2-7,9H,8H2,1H3,(H,17,19,22)(H2,18,20,21,23). The molecule has 7 nitrogen and oxygen atoms in total. The molecule has 2 heterocycles. The van der Waals surface area contributed by atoms with Gasteiger partial charge in [0, 0.05) is 17.1 Å². The molecule has 0 saturated carbocycles. The van der Waals surface area contributed by atoms with E-state index in [1.807, 2.05) is 37.3 Å². The van der Waals surface area contributed by atoms with E-state index in [-0.39, 0.29) is 23.9 Å². The highest BCUT2D eigenvalue weighted by atomic mass is 32.1. The average Bonchev–Trinajstić information content (AvgIpc) is 3.17. The van der Waals surface area contributed by atoms with E-state index in [1.54, 1.807) is 11.4 Å². The zero-order valence-electron chi connectivity index (χ0n) is 12.9. The van der Waals surface area contributed by atoms with Crippen LogP contribution < -0.4 is 10.6 Å². The summed E-state index contributed by atoms with van der Waals surface area (Å²) in [6.45, 7) is 1.84. The number of nitrogens with one attached hydrogen (secondary N) is 3. The lowest BCUT2D eigenvalue weighted by atomic mass is 10.1. The fourth-order valence-corrected chi connectivity index (χ4v) is 2.75. The Balaban J connectivity index is 1.58. The van der Waals surface area contributed by atoms with Gasteiger partial charge in [0.1, 0.15) is 5.69 Å². The van der Waals surface area contributed by atoms with Crippen LogP contribution >= 0.6 is 11.3 Å². The Kier molecular flexibility index (Phi) is 4.66. The van der Waals surface area contributed by atoms with Gasteiger partial charge in [-0.25, -0.2) is 4.98 Å². The Hall–Kier alpha value is -3.00. The van der Waals surface area contributed by atoms with Crippen molar-refractivity contribution < 1.29 is 9.59 Å². The zero-order valence-corrected chi connectivity index (χ0v) is 13.7. The summed E-state index contributed by atoms with van der Waals surface area (Å²) in [6.07, 6.45) is 0.258. The summed E-state index contributed by atoms with van der Waals surface area (Å²) in [5.74, 6) is -0.119. The molecule has 0 radical (unpaired) electrons. The van der Waals surface area contributed by atoms with Gasteiger partial charge in [-0.15, -0.1) is 11.3 Å². The molecule has 0 aliphatic rings. The number of nitrogens with zero attached hydrogens (tertiary/aromatic N) is 2. The van der Waals surface area contributed by atoms with Crippen molar-refractivity contribution in [3.8, 4) is 0 Å². The summed E-state index contributed by atoms with van der Waals surface area (Å²) < 4.78 is 0. The topological polar surface area (TPSA) is 99.8 Å². The van der Waals surface area contributed by atoms with E-state index in [2.05, 4.69) is 25.8 Å². The summed E-state index contributed by atoms with van der Waals surface area (Å²) >= 11 is 1.20. The molecular weight excluding hydrogens is 326 g/mol. The highest BCUT2D eigenvalue weighted by molar-refractivity contribution is 7.14. The van der Waals surface area contributed by atoms with Crippen LogP contribution in [0.1, 0.15) is 21.7 Å². The second-order valence-electron chi connectivity index (χ2n) is 5.14. The maximum absolute atomic E-state index is 12.1. The molecule has 0 fully saturated rings. The van der Waals surface area contributed by atoms with Crippen LogP contribution in [0.5, 0.6) is 0 Å². The van der Waals surface area contributed by atoms with Gasteiger partial charge in [-0.2, -0.15) is 5.10 Å². The highest BCUT2D eigenvalue weighted by Crippen LogP contribution is 2.17. The van der Waals surface area contributed by atoms with Gasteiger partial charge in [-0.1, -0.05) is 30.3 Å². The summed E-state index contributed by atoms with van der Waals surface area (Å²) in [5, 5.41) is 14.0. The first-order valence-electron chi connectivity index (χ1n) is 7.23. The Labute approximate surface area is 142 Å². The van der Waals surface area contributed by atoms with Crippen LogP contribution in [-0.4, -0.2) is 27.0 Å². The van der Waals surface area contributed by atoms with Gasteiger partial charge >= 0.3 is 0 Å². The number of H-pyrrole nitrogens is 1. The minimum Gasteiger partial charge on any atom is -0.304 e. The van der Waals surface area contributed by atoms with Crippen molar-refractivity contribution in [2.24, 2.45) is 0 Å². The Morgan fingerprint density at radius 2 is 2.00 bits per heavy atom. The second-order valence-corrected chi connectivity index (χ2v) is 6.00. The number of carbonyl (C=O) groups excluding carboxylic acids is 2. The molecule has 24 heavy (non-hydrogen) atoms. The third-order valence-electron chi connectivity index (χ3n) is 3.14. The van der Waals surface area contributed by atoms with Crippen molar-refractivity contribution >= 4 is 34.1 Å². The summed E-state index contributed by atoms with van der Waals surface area (Å²) in [7, 11) is 0. The normalized spacial score (nSPS) is 10.4. The predicted octanol–water partition coefficient (Wildman–Crippen LogP) is 2.61. The maximum atomic E-state index is 12.1. The maximum Gasteiger partial charge on any atom is 0.276 e. The number of hydrogen-bond acceptors (Lipinski definition) is 5. The summed E-state index contributed by atoms with van der Waals surface area (Å²) in [5.41, 5.74) is 1.99. The minimum atomic E-state index is -0.374. The number of thiazole rings is 1. The van der Waals surface area contributed by atoms with Gasteiger partial charge in [-0.3, -0.25) is 14.7 Å². The molecule has 2 aromatic heterocycles. The van der Waals surface area contributed by atoms with E-state index >= 15 is 0 Å². The number of benzene rings is 1. The van der Waals surface area contributed by atoms with Gasteiger partial charge in [0.25, 0.3) is 5.91 Å². The number of aromatic amines is 1. The SMILES string of the molecule is Cc1cc(NC(=O)c2csc(NC(=O)Cc3ccccc3)n2)n[nH]1. The van der Waals surface area contributed by atoms with Crippen molar-refractivity contribution in [3.05, 3.63) is 58.7 Å². The molecule has 0 aliphatic carbocycles. The van der Waals surface area contributed by atoms with Crippen LogP contribution in [0.2, 0.25) is 0 Å². The number of hydrogen-bond donors (Lipinski definition) is 3. The van der Waals surface area contributed by atoms with E-state index in [4.69, 9.17) is 0 Å². The van der Waals surface area contributed by atoms with Crippen molar-refractivity contribution in [2.75, 3.05) is 10.6 Å². The van der Waals surface area contributed by atoms with Crippen LogP contribution in [0.15, 0.2) is 41.8 Å². The van der Waals surface area contributed by atoms with Crippen molar-refractivity contribution in [2.45, 2.75) is 13.3 Å². The van der Waals surface area contributed by atoms with E-state index in [1.165, 1.54) is 11.3 Å². The van der Waals surface area contributed by atoms with Crippen LogP contribution in [0.3, 0.4) is 0 Å². The molecule has 3 N–H and O–H groups in total. The minimum absolute atomic E-state index is 0.176. The molecule has 1 aromatic carbocycles. The smallest absolute Gasteiger partial charge is 0.276 e. The molecule has 0 unspecified atom stereocenters. The molecule has 8 heteroatoms. The molecule has 0 spiro atoms. The highest BCUT2D eigenvalue weighted by Gasteiger charge is 2.14.